The lowest BCUT2D eigenvalue weighted by atomic mass is 10.1. The Bertz CT molecular complexity index is 540. The summed E-state index contributed by atoms with van der Waals surface area (Å²) in [6.07, 6.45) is 1.75. The summed E-state index contributed by atoms with van der Waals surface area (Å²) in [7, 11) is 0. The maximum Gasteiger partial charge on any atom is 0.128 e. The zero-order chi connectivity index (χ0) is 13.9. The molecule has 0 unspecified atom stereocenters. The standard InChI is InChI=1S/C15H20FN3/c1-15(2,3)17-10-13-8-9-18-19(13)11-12-6-4-5-7-14(12)16/h4-9,17H,10-11H2,1-3H3. The average molecular weight is 261 g/mol. The van der Waals surface area contributed by atoms with Crippen molar-refractivity contribution in [1.82, 2.24) is 15.1 Å². The van der Waals surface area contributed by atoms with Crippen molar-refractivity contribution in [1.29, 1.82) is 0 Å². The molecular formula is C15H20FN3. The van der Waals surface area contributed by atoms with Gasteiger partial charge < -0.3 is 5.32 Å². The van der Waals surface area contributed by atoms with Gasteiger partial charge in [0.25, 0.3) is 0 Å². The van der Waals surface area contributed by atoms with Gasteiger partial charge >= 0.3 is 0 Å². The van der Waals surface area contributed by atoms with Crippen LogP contribution in [0.5, 0.6) is 0 Å². The maximum atomic E-state index is 13.6. The summed E-state index contributed by atoms with van der Waals surface area (Å²) in [5, 5.41) is 7.67. The van der Waals surface area contributed by atoms with Gasteiger partial charge in [-0.1, -0.05) is 18.2 Å². The van der Waals surface area contributed by atoms with Crippen LogP contribution < -0.4 is 5.32 Å². The highest BCUT2D eigenvalue weighted by atomic mass is 19.1. The molecule has 2 aromatic rings. The largest absolute Gasteiger partial charge is 0.306 e. The van der Waals surface area contributed by atoms with Crippen LogP contribution in [0.25, 0.3) is 0 Å². The van der Waals surface area contributed by atoms with E-state index in [1.54, 1.807) is 18.3 Å². The van der Waals surface area contributed by atoms with Crippen LogP contribution in [0.2, 0.25) is 0 Å². The van der Waals surface area contributed by atoms with Crippen molar-refractivity contribution in [3.8, 4) is 0 Å². The molecule has 0 aliphatic rings. The van der Waals surface area contributed by atoms with Gasteiger partial charge in [-0.15, -0.1) is 0 Å². The van der Waals surface area contributed by atoms with E-state index in [1.165, 1.54) is 6.07 Å². The first kappa shape index (κ1) is 13.7. The molecule has 0 amide bonds. The quantitative estimate of drug-likeness (QED) is 0.917. The smallest absolute Gasteiger partial charge is 0.128 e. The molecule has 1 N–H and O–H groups in total. The van der Waals surface area contributed by atoms with Gasteiger partial charge in [0.15, 0.2) is 0 Å². The molecule has 19 heavy (non-hydrogen) atoms. The number of halogens is 1. The van der Waals surface area contributed by atoms with E-state index >= 15 is 0 Å². The molecule has 1 aromatic heterocycles. The molecule has 0 spiro atoms. The van der Waals surface area contributed by atoms with E-state index in [-0.39, 0.29) is 11.4 Å². The fourth-order valence-electron chi connectivity index (χ4n) is 1.80. The molecule has 4 heteroatoms. The number of nitrogens with zero attached hydrogens (tertiary/aromatic N) is 2. The fourth-order valence-corrected chi connectivity index (χ4v) is 1.80. The van der Waals surface area contributed by atoms with E-state index in [0.717, 1.165) is 12.2 Å². The highest BCUT2D eigenvalue weighted by Crippen LogP contribution is 2.10. The van der Waals surface area contributed by atoms with Crippen molar-refractivity contribution in [2.24, 2.45) is 0 Å². The molecule has 0 saturated carbocycles. The van der Waals surface area contributed by atoms with Crippen LogP contribution >= 0.6 is 0 Å². The van der Waals surface area contributed by atoms with Gasteiger partial charge in [-0.05, 0) is 32.9 Å². The highest BCUT2D eigenvalue weighted by molar-refractivity contribution is 5.18. The Hall–Kier alpha value is -1.68. The second-order valence-corrected chi connectivity index (χ2v) is 5.68. The molecule has 0 radical (unpaired) electrons. The molecular weight excluding hydrogens is 241 g/mol. The summed E-state index contributed by atoms with van der Waals surface area (Å²) < 4.78 is 15.5. The van der Waals surface area contributed by atoms with Crippen molar-refractivity contribution in [3.05, 3.63) is 53.6 Å². The van der Waals surface area contributed by atoms with E-state index in [4.69, 9.17) is 0 Å². The Morgan fingerprint density at radius 1 is 1.21 bits per heavy atom. The van der Waals surface area contributed by atoms with Crippen LogP contribution in [0.3, 0.4) is 0 Å². The van der Waals surface area contributed by atoms with E-state index in [2.05, 4.69) is 31.2 Å². The second-order valence-electron chi connectivity index (χ2n) is 5.68. The van der Waals surface area contributed by atoms with E-state index < -0.39 is 0 Å². The lowest BCUT2D eigenvalue weighted by Crippen LogP contribution is -2.35. The number of benzene rings is 1. The second kappa shape index (κ2) is 5.53. The minimum atomic E-state index is -0.187. The minimum absolute atomic E-state index is 0.0487. The van der Waals surface area contributed by atoms with Gasteiger partial charge in [0.05, 0.1) is 12.2 Å². The van der Waals surface area contributed by atoms with Gasteiger partial charge in [-0.25, -0.2) is 4.39 Å². The Balaban J connectivity index is 2.10. The normalized spacial score (nSPS) is 11.8. The lowest BCUT2D eigenvalue weighted by molar-refractivity contribution is 0.413. The van der Waals surface area contributed by atoms with Crippen molar-refractivity contribution < 1.29 is 4.39 Å². The summed E-state index contributed by atoms with van der Waals surface area (Å²) in [6.45, 7) is 7.53. The van der Waals surface area contributed by atoms with E-state index in [9.17, 15) is 4.39 Å². The summed E-state index contributed by atoms with van der Waals surface area (Å²) in [4.78, 5) is 0. The molecule has 2 rings (SSSR count). The minimum Gasteiger partial charge on any atom is -0.306 e. The topological polar surface area (TPSA) is 29.9 Å². The number of nitrogens with one attached hydrogen (secondary N) is 1. The lowest BCUT2D eigenvalue weighted by Gasteiger charge is -2.20. The van der Waals surface area contributed by atoms with Gasteiger partial charge in [0.1, 0.15) is 5.82 Å². The number of hydrogen-bond acceptors (Lipinski definition) is 2. The average Bonchev–Trinajstić information content (AvgIpc) is 2.76. The van der Waals surface area contributed by atoms with E-state index in [1.807, 2.05) is 16.8 Å². The Labute approximate surface area is 113 Å². The Kier molecular flexibility index (Phi) is 4.00. The van der Waals surface area contributed by atoms with Crippen molar-refractivity contribution in [3.63, 3.8) is 0 Å². The van der Waals surface area contributed by atoms with Crippen LogP contribution in [0, 0.1) is 5.82 Å². The van der Waals surface area contributed by atoms with Gasteiger partial charge in [0.2, 0.25) is 0 Å². The van der Waals surface area contributed by atoms with Crippen LogP contribution in [-0.4, -0.2) is 15.3 Å². The van der Waals surface area contributed by atoms with Crippen molar-refractivity contribution in [2.45, 2.75) is 39.4 Å². The fraction of sp³-hybridized carbons (Fsp3) is 0.400. The van der Waals surface area contributed by atoms with Crippen LogP contribution in [0.1, 0.15) is 32.0 Å². The van der Waals surface area contributed by atoms with Crippen LogP contribution in [0.4, 0.5) is 4.39 Å². The molecule has 0 bridgehead atoms. The number of rotatable bonds is 4. The molecule has 0 aliphatic carbocycles. The monoisotopic (exact) mass is 261 g/mol. The van der Waals surface area contributed by atoms with Crippen molar-refractivity contribution in [2.75, 3.05) is 0 Å². The third-order valence-electron chi connectivity index (χ3n) is 2.88. The molecule has 1 heterocycles. The Morgan fingerprint density at radius 3 is 2.63 bits per heavy atom. The molecule has 102 valence electrons. The summed E-state index contributed by atoms with van der Waals surface area (Å²) in [5.74, 6) is -0.187. The van der Waals surface area contributed by atoms with Crippen LogP contribution in [0.15, 0.2) is 36.5 Å². The van der Waals surface area contributed by atoms with Crippen LogP contribution in [-0.2, 0) is 13.1 Å². The molecule has 3 nitrogen and oxygen atoms in total. The number of aromatic nitrogens is 2. The first-order chi connectivity index (χ1) is 8.96. The first-order valence-electron chi connectivity index (χ1n) is 6.45. The maximum absolute atomic E-state index is 13.6. The third kappa shape index (κ3) is 3.89. The Morgan fingerprint density at radius 2 is 1.95 bits per heavy atom. The predicted octanol–water partition coefficient (Wildman–Crippen LogP) is 2.96. The van der Waals surface area contributed by atoms with Gasteiger partial charge in [-0.2, -0.15) is 5.10 Å². The first-order valence-corrected chi connectivity index (χ1v) is 6.45. The van der Waals surface area contributed by atoms with Crippen molar-refractivity contribution >= 4 is 0 Å². The van der Waals surface area contributed by atoms with E-state index in [0.29, 0.717) is 12.1 Å². The summed E-state index contributed by atoms with van der Waals surface area (Å²) in [6, 6.07) is 8.77. The third-order valence-corrected chi connectivity index (χ3v) is 2.88. The zero-order valence-corrected chi connectivity index (χ0v) is 11.7. The van der Waals surface area contributed by atoms with Gasteiger partial charge in [-0.3, -0.25) is 4.68 Å². The molecule has 1 aromatic carbocycles. The van der Waals surface area contributed by atoms with Gasteiger partial charge in [0, 0.05) is 23.8 Å². The SMILES string of the molecule is CC(C)(C)NCc1ccnn1Cc1ccccc1F. The molecule has 0 atom stereocenters. The molecule has 0 fully saturated rings. The summed E-state index contributed by atoms with van der Waals surface area (Å²) in [5.41, 5.74) is 1.76. The molecule has 0 saturated heterocycles. The summed E-state index contributed by atoms with van der Waals surface area (Å²) >= 11 is 0. The number of hydrogen-bond donors (Lipinski definition) is 1. The highest BCUT2D eigenvalue weighted by Gasteiger charge is 2.11. The predicted molar refractivity (Wildman–Crippen MR) is 74.3 cm³/mol. The molecule has 0 aliphatic heterocycles. The zero-order valence-electron chi connectivity index (χ0n) is 11.7.